The van der Waals surface area contributed by atoms with Gasteiger partial charge in [-0.05, 0) is 24.6 Å². The van der Waals surface area contributed by atoms with Crippen LogP contribution in [0.15, 0.2) is 29.5 Å². The molecular weight excluding hydrogens is 289 g/mol. The molecular formula is C13H11Cl2NO3. The molecule has 1 aromatic rings. The van der Waals surface area contributed by atoms with Gasteiger partial charge in [-0.3, -0.25) is 9.59 Å². The third-order valence-electron chi connectivity index (χ3n) is 2.91. The molecule has 0 radical (unpaired) electrons. The fraction of sp³-hybridized carbons (Fsp3) is 0.231. The quantitative estimate of drug-likeness (QED) is 0.843. The minimum absolute atomic E-state index is 0.185. The number of rotatable bonds is 3. The van der Waals surface area contributed by atoms with Crippen molar-refractivity contribution >= 4 is 34.9 Å². The summed E-state index contributed by atoms with van der Waals surface area (Å²) in [6.07, 6.45) is 0.296. The van der Waals surface area contributed by atoms with E-state index >= 15 is 0 Å². The summed E-state index contributed by atoms with van der Waals surface area (Å²) in [5.74, 6) is -1.25. The fourth-order valence-corrected chi connectivity index (χ4v) is 2.47. The maximum absolute atomic E-state index is 11.6. The van der Waals surface area contributed by atoms with Crippen molar-refractivity contribution in [2.75, 3.05) is 0 Å². The number of halogens is 2. The molecule has 0 fully saturated rings. The Labute approximate surface area is 120 Å². The number of hydrogen-bond donors (Lipinski definition) is 2. The van der Waals surface area contributed by atoms with E-state index in [1.807, 2.05) is 0 Å². The molecule has 0 spiro atoms. The summed E-state index contributed by atoms with van der Waals surface area (Å²) in [6, 6.07) is 4.34. The maximum Gasteiger partial charge on any atom is 0.259 e. The van der Waals surface area contributed by atoms with Crippen molar-refractivity contribution in [3.8, 4) is 0 Å². The zero-order valence-electron chi connectivity index (χ0n) is 10.0. The Hall–Kier alpha value is -1.52. The molecule has 1 heterocycles. The van der Waals surface area contributed by atoms with E-state index < -0.39 is 17.7 Å². The normalized spacial score (nSPS) is 18.7. The third-order valence-corrected chi connectivity index (χ3v) is 3.50. The molecule has 1 amide bonds. The van der Waals surface area contributed by atoms with E-state index in [2.05, 4.69) is 5.32 Å². The zero-order valence-corrected chi connectivity index (χ0v) is 11.5. The molecule has 1 aromatic carbocycles. The summed E-state index contributed by atoms with van der Waals surface area (Å²) < 4.78 is 0. The summed E-state index contributed by atoms with van der Waals surface area (Å²) in [6.45, 7) is 1.24. The van der Waals surface area contributed by atoms with E-state index in [1.165, 1.54) is 6.92 Å². The second kappa shape index (κ2) is 5.23. The summed E-state index contributed by atoms with van der Waals surface area (Å²) in [4.78, 5) is 22.8. The van der Waals surface area contributed by atoms with E-state index in [4.69, 9.17) is 23.2 Å². The molecule has 4 nitrogen and oxygen atoms in total. The Kier molecular flexibility index (Phi) is 3.83. The Bertz CT molecular complexity index is 596. The van der Waals surface area contributed by atoms with Gasteiger partial charge in [0.25, 0.3) is 5.91 Å². The maximum atomic E-state index is 11.6. The number of aliphatic hydroxyl groups is 1. The van der Waals surface area contributed by atoms with Crippen LogP contribution < -0.4 is 5.32 Å². The first-order valence-corrected chi connectivity index (χ1v) is 6.34. The lowest BCUT2D eigenvalue weighted by atomic mass is 10.0. The number of nitrogens with one attached hydrogen (secondary N) is 1. The van der Waals surface area contributed by atoms with Gasteiger partial charge in [-0.25, -0.2) is 0 Å². The second-order valence-corrected chi connectivity index (χ2v) is 5.13. The lowest BCUT2D eigenvalue weighted by molar-refractivity contribution is -0.121. The van der Waals surface area contributed by atoms with Crippen LogP contribution >= 0.6 is 23.2 Å². The summed E-state index contributed by atoms with van der Waals surface area (Å²) in [5, 5.41) is 13.4. The highest BCUT2D eigenvalue weighted by Crippen LogP contribution is 2.25. The number of benzene rings is 1. The van der Waals surface area contributed by atoms with Crippen molar-refractivity contribution in [3.05, 3.63) is 45.1 Å². The minimum Gasteiger partial charge on any atom is -0.509 e. The van der Waals surface area contributed by atoms with Crippen LogP contribution in [-0.2, 0) is 16.0 Å². The van der Waals surface area contributed by atoms with Crippen LogP contribution in [0.25, 0.3) is 0 Å². The molecule has 19 heavy (non-hydrogen) atoms. The van der Waals surface area contributed by atoms with Crippen molar-refractivity contribution in [3.63, 3.8) is 0 Å². The number of carbonyl (C=O) groups is 2. The highest BCUT2D eigenvalue weighted by atomic mass is 35.5. The number of carbonyl (C=O) groups excluding carboxylic acids is 2. The Morgan fingerprint density at radius 2 is 2.11 bits per heavy atom. The lowest BCUT2D eigenvalue weighted by Crippen LogP contribution is -2.31. The lowest BCUT2D eigenvalue weighted by Gasteiger charge is -2.12. The first kappa shape index (κ1) is 13.9. The second-order valence-electron chi connectivity index (χ2n) is 4.28. The molecule has 0 bridgehead atoms. The van der Waals surface area contributed by atoms with Crippen LogP contribution in [0.3, 0.4) is 0 Å². The Balaban J connectivity index is 2.26. The molecule has 0 saturated heterocycles. The van der Waals surface area contributed by atoms with E-state index in [0.29, 0.717) is 16.5 Å². The number of Topliss-reactive ketones (excluding diaryl/α,β-unsaturated/α-hetero) is 1. The van der Waals surface area contributed by atoms with Crippen molar-refractivity contribution in [2.24, 2.45) is 0 Å². The first-order valence-electron chi connectivity index (χ1n) is 5.59. The number of ketones is 1. The standard InChI is InChI=1S/C13H11Cl2NO3/c1-6(17)11-12(18)10(16-13(11)19)4-7-2-3-8(14)5-9(7)15/h2-3,5,10,18H,4H2,1H3,(H,16,19). The average Bonchev–Trinajstić information content (AvgIpc) is 2.58. The molecule has 100 valence electrons. The minimum atomic E-state index is -0.634. The van der Waals surface area contributed by atoms with Gasteiger partial charge in [-0.2, -0.15) is 0 Å². The van der Waals surface area contributed by atoms with Gasteiger partial charge in [0.15, 0.2) is 5.78 Å². The van der Waals surface area contributed by atoms with Gasteiger partial charge in [-0.15, -0.1) is 0 Å². The molecule has 0 saturated carbocycles. The van der Waals surface area contributed by atoms with Crippen LogP contribution in [0, 0.1) is 0 Å². The largest absolute Gasteiger partial charge is 0.509 e. The number of hydrogen-bond acceptors (Lipinski definition) is 3. The Morgan fingerprint density at radius 3 is 2.63 bits per heavy atom. The summed E-state index contributed by atoms with van der Waals surface area (Å²) in [7, 11) is 0. The predicted octanol–water partition coefficient (Wildman–Crippen LogP) is 2.44. The van der Waals surface area contributed by atoms with Gasteiger partial charge in [-0.1, -0.05) is 29.3 Å². The molecule has 0 aliphatic carbocycles. The van der Waals surface area contributed by atoms with Crippen molar-refractivity contribution in [1.82, 2.24) is 5.32 Å². The molecule has 2 rings (SSSR count). The van der Waals surface area contributed by atoms with Crippen LogP contribution in [0.2, 0.25) is 10.0 Å². The van der Waals surface area contributed by atoms with E-state index in [1.54, 1.807) is 18.2 Å². The van der Waals surface area contributed by atoms with Gasteiger partial charge < -0.3 is 10.4 Å². The molecule has 1 unspecified atom stereocenters. The highest BCUT2D eigenvalue weighted by molar-refractivity contribution is 6.35. The first-order chi connectivity index (χ1) is 8.90. The smallest absolute Gasteiger partial charge is 0.259 e. The summed E-state index contributed by atoms with van der Waals surface area (Å²) in [5.41, 5.74) is 0.544. The van der Waals surface area contributed by atoms with Crippen molar-refractivity contribution in [2.45, 2.75) is 19.4 Å². The third kappa shape index (κ3) is 2.74. The SMILES string of the molecule is CC(=O)C1=C(O)C(Cc2ccc(Cl)cc2Cl)NC1=O. The van der Waals surface area contributed by atoms with Crippen molar-refractivity contribution < 1.29 is 14.7 Å². The van der Waals surface area contributed by atoms with Gasteiger partial charge in [0, 0.05) is 16.5 Å². The van der Waals surface area contributed by atoms with E-state index in [0.717, 1.165) is 5.56 Å². The average molecular weight is 300 g/mol. The Morgan fingerprint density at radius 1 is 1.42 bits per heavy atom. The molecule has 1 atom stereocenters. The van der Waals surface area contributed by atoms with Crippen LogP contribution in [0.5, 0.6) is 0 Å². The van der Waals surface area contributed by atoms with Gasteiger partial charge >= 0.3 is 0 Å². The van der Waals surface area contributed by atoms with Gasteiger partial charge in [0.05, 0.1) is 6.04 Å². The fourth-order valence-electron chi connectivity index (χ4n) is 1.98. The topological polar surface area (TPSA) is 66.4 Å². The van der Waals surface area contributed by atoms with E-state index in [-0.39, 0.29) is 11.3 Å². The molecule has 0 aromatic heterocycles. The van der Waals surface area contributed by atoms with Crippen LogP contribution in [0.4, 0.5) is 0 Å². The summed E-state index contributed by atoms with van der Waals surface area (Å²) >= 11 is 11.8. The van der Waals surface area contributed by atoms with Crippen molar-refractivity contribution in [1.29, 1.82) is 0 Å². The van der Waals surface area contributed by atoms with Gasteiger partial charge in [0.1, 0.15) is 11.3 Å². The molecule has 1 aliphatic heterocycles. The van der Waals surface area contributed by atoms with E-state index in [9.17, 15) is 14.7 Å². The molecule has 2 N–H and O–H groups in total. The van der Waals surface area contributed by atoms with Crippen LogP contribution in [0.1, 0.15) is 12.5 Å². The zero-order chi connectivity index (χ0) is 14.2. The molecule has 6 heteroatoms. The predicted molar refractivity (Wildman–Crippen MR) is 72.4 cm³/mol. The monoisotopic (exact) mass is 299 g/mol. The van der Waals surface area contributed by atoms with Crippen LogP contribution in [-0.4, -0.2) is 22.8 Å². The highest BCUT2D eigenvalue weighted by Gasteiger charge is 2.34. The van der Waals surface area contributed by atoms with Gasteiger partial charge in [0.2, 0.25) is 0 Å². The molecule has 1 aliphatic rings. The number of amides is 1. The number of aliphatic hydroxyl groups excluding tert-OH is 1.